The van der Waals surface area contributed by atoms with Crippen LogP contribution in [0.1, 0.15) is 41.2 Å². The number of carbonyl (C=O) groups excluding carboxylic acids is 2. The van der Waals surface area contributed by atoms with Crippen molar-refractivity contribution in [2.75, 3.05) is 37.6 Å². The zero-order chi connectivity index (χ0) is 20.8. The number of nitrogens with zero attached hydrogens (tertiary/aromatic N) is 3. The molecule has 1 aliphatic heterocycles. The minimum absolute atomic E-state index is 0.213. The summed E-state index contributed by atoms with van der Waals surface area (Å²) in [6.45, 7) is 6.79. The van der Waals surface area contributed by atoms with E-state index in [-0.39, 0.29) is 29.0 Å². The lowest BCUT2D eigenvalue weighted by Crippen LogP contribution is -2.49. The molecule has 2 heterocycles. The van der Waals surface area contributed by atoms with E-state index in [4.69, 9.17) is 0 Å². The van der Waals surface area contributed by atoms with E-state index >= 15 is 0 Å². The molecule has 6 nitrogen and oxygen atoms in total. The number of anilines is 1. The summed E-state index contributed by atoms with van der Waals surface area (Å²) in [4.78, 5) is 33.0. The van der Waals surface area contributed by atoms with Gasteiger partial charge in [0.1, 0.15) is 17.2 Å². The Bertz CT molecular complexity index is 863. The van der Waals surface area contributed by atoms with Gasteiger partial charge >= 0.3 is 0 Å². The first-order valence-corrected chi connectivity index (χ1v) is 9.99. The Morgan fingerprint density at radius 3 is 2.41 bits per heavy atom. The smallest absolute Gasteiger partial charge is 0.272 e. The maximum atomic E-state index is 14.0. The molecule has 0 radical (unpaired) electrons. The maximum Gasteiger partial charge on any atom is 0.272 e. The third kappa shape index (κ3) is 5.31. The van der Waals surface area contributed by atoms with Gasteiger partial charge in [0, 0.05) is 32.7 Å². The van der Waals surface area contributed by atoms with Crippen LogP contribution in [-0.4, -0.2) is 54.4 Å². The number of para-hydroxylation sites is 1. The zero-order valence-corrected chi connectivity index (χ0v) is 16.9. The van der Waals surface area contributed by atoms with E-state index < -0.39 is 0 Å². The van der Waals surface area contributed by atoms with E-state index in [1.54, 1.807) is 41.3 Å². The van der Waals surface area contributed by atoms with E-state index in [1.807, 2.05) is 4.90 Å². The Labute approximate surface area is 170 Å². The fraction of sp³-hybridized carbons (Fsp3) is 0.409. The second-order valence-electron chi connectivity index (χ2n) is 7.58. The van der Waals surface area contributed by atoms with E-state index in [2.05, 4.69) is 24.1 Å². The number of hydrogen-bond acceptors (Lipinski definition) is 4. The Balaban J connectivity index is 1.60. The molecule has 1 aromatic carbocycles. The number of rotatable bonds is 6. The highest BCUT2D eigenvalue weighted by Gasteiger charge is 2.24. The fourth-order valence-electron chi connectivity index (χ4n) is 3.27. The van der Waals surface area contributed by atoms with Crippen molar-refractivity contribution in [3.05, 3.63) is 59.7 Å². The van der Waals surface area contributed by atoms with Gasteiger partial charge in [0.25, 0.3) is 11.8 Å². The van der Waals surface area contributed by atoms with Crippen molar-refractivity contribution in [3.8, 4) is 0 Å². The Morgan fingerprint density at radius 2 is 1.72 bits per heavy atom. The van der Waals surface area contributed by atoms with Crippen molar-refractivity contribution >= 4 is 17.5 Å². The number of benzene rings is 1. The van der Waals surface area contributed by atoms with Gasteiger partial charge in [-0.05, 0) is 36.6 Å². The number of hydrogen-bond donors (Lipinski definition) is 1. The van der Waals surface area contributed by atoms with Gasteiger partial charge in [-0.1, -0.05) is 32.0 Å². The van der Waals surface area contributed by atoms with E-state index in [0.717, 1.165) is 6.42 Å². The molecule has 2 amide bonds. The second kappa shape index (κ2) is 9.49. The number of aromatic nitrogens is 1. The third-order valence-corrected chi connectivity index (χ3v) is 4.97. The van der Waals surface area contributed by atoms with Gasteiger partial charge in [-0.3, -0.25) is 9.59 Å². The van der Waals surface area contributed by atoms with Crippen LogP contribution < -0.4 is 10.2 Å². The lowest BCUT2D eigenvalue weighted by Gasteiger charge is -2.36. The van der Waals surface area contributed by atoms with Gasteiger partial charge in [0.05, 0.1) is 5.69 Å². The van der Waals surface area contributed by atoms with Crippen LogP contribution in [-0.2, 0) is 0 Å². The molecule has 7 heteroatoms. The van der Waals surface area contributed by atoms with Crippen LogP contribution in [0.25, 0.3) is 0 Å². The molecule has 1 fully saturated rings. The molecule has 3 rings (SSSR count). The summed E-state index contributed by atoms with van der Waals surface area (Å²) in [5.41, 5.74) is 1.04. The molecule has 0 bridgehead atoms. The largest absolute Gasteiger partial charge is 0.366 e. The highest BCUT2D eigenvalue weighted by atomic mass is 19.1. The van der Waals surface area contributed by atoms with Crippen LogP contribution in [0.3, 0.4) is 0 Å². The summed E-state index contributed by atoms with van der Waals surface area (Å²) in [7, 11) is 0. The van der Waals surface area contributed by atoms with Crippen molar-refractivity contribution in [1.29, 1.82) is 0 Å². The van der Waals surface area contributed by atoms with Gasteiger partial charge < -0.3 is 15.1 Å². The van der Waals surface area contributed by atoms with Crippen LogP contribution in [0, 0.1) is 11.7 Å². The van der Waals surface area contributed by atoms with Crippen LogP contribution in [0.2, 0.25) is 0 Å². The molecule has 154 valence electrons. The lowest BCUT2D eigenvalue weighted by molar-refractivity contribution is 0.0740. The molecule has 0 atom stereocenters. The normalized spacial score (nSPS) is 14.2. The number of halogens is 1. The topological polar surface area (TPSA) is 65.5 Å². The van der Waals surface area contributed by atoms with Gasteiger partial charge in [-0.25, -0.2) is 9.37 Å². The molecule has 0 aliphatic carbocycles. The molecule has 1 saturated heterocycles. The first-order chi connectivity index (χ1) is 14.0. The van der Waals surface area contributed by atoms with Crippen molar-refractivity contribution in [1.82, 2.24) is 15.2 Å². The van der Waals surface area contributed by atoms with Gasteiger partial charge in [-0.15, -0.1) is 0 Å². The molecule has 1 aliphatic rings. The highest BCUT2D eigenvalue weighted by Crippen LogP contribution is 2.20. The molecule has 0 saturated carbocycles. The molecular weight excluding hydrogens is 371 g/mol. The number of piperazine rings is 1. The molecule has 2 aromatic rings. The fourth-order valence-corrected chi connectivity index (χ4v) is 3.27. The predicted octanol–water partition coefficient (Wildman–Crippen LogP) is 2.96. The quantitative estimate of drug-likeness (QED) is 0.813. The zero-order valence-electron chi connectivity index (χ0n) is 16.9. The first kappa shape index (κ1) is 20.8. The molecule has 0 unspecified atom stereocenters. The van der Waals surface area contributed by atoms with E-state index in [0.29, 0.717) is 44.3 Å². The summed E-state index contributed by atoms with van der Waals surface area (Å²) in [5.74, 6) is -0.246. The van der Waals surface area contributed by atoms with Crippen LogP contribution in [0.15, 0.2) is 42.5 Å². The van der Waals surface area contributed by atoms with E-state index in [9.17, 15) is 14.0 Å². The summed E-state index contributed by atoms with van der Waals surface area (Å²) < 4.78 is 14.0. The standard InChI is InChI=1S/C22H27FN4O2/c1-16(2)10-11-24-21(28)18-7-5-8-19(25-18)22(29)27-14-12-26(13-15-27)20-9-4-3-6-17(20)23/h3-9,16H,10-15H2,1-2H3,(H,24,28). The summed E-state index contributed by atoms with van der Waals surface area (Å²) in [6.07, 6.45) is 0.886. The minimum atomic E-state index is -0.273. The second-order valence-corrected chi connectivity index (χ2v) is 7.58. The highest BCUT2D eigenvalue weighted by molar-refractivity contribution is 5.96. The average Bonchev–Trinajstić information content (AvgIpc) is 2.73. The van der Waals surface area contributed by atoms with Crippen molar-refractivity contribution in [3.63, 3.8) is 0 Å². The van der Waals surface area contributed by atoms with E-state index in [1.165, 1.54) is 6.07 Å². The number of nitrogens with one attached hydrogen (secondary N) is 1. The average molecular weight is 398 g/mol. The van der Waals surface area contributed by atoms with Gasteiger partial charge in [0.2, 0.25) is 0 Å². The summed E-state index contributed by atoms with van der Waals surface area (Å²) in [5, 5.41) is 2.84. The molecule has 1 aromatic heterocycles. The number of carbonyl (C=O) groups is 2. The van der Waals surface area contributed by atoms with Crippen LogP contribution >= 0.6 is 0 Å². The molecule has 1 N–H and O–H groups in total. The molecule has 0 spiro atoms. The summed E-state index contributed by atoms with van der Waals surface area (Å²) >= 11 is 0. The Hall–Kier alpha value is -2.96. The predicted molar refractivity (Wildman–Crippen MR) is 111 cm³/mol. The molecular formula is C22H27FN4O2. The Morgan fingerprint density at radius 1 is 1.03 bits per heavy atom. The Kier molecular flexibility index (Phi) is 6.80. The van der Waals surface area contributed by atoms with Crippen molar-refractivity contribution in [2.24, 2.45) is 5.92 Å². The number of pyridine rings is 1. The monoisotopic (exact) mass is 398 g/mol. The first-order valence-electron chi connectivity index (χ1n) is 9.99. The minimum Gasteiger partial charge on any atom is -0.366 e. The van der Waals surface area contributed by atoms with Crippen LogP contribution in [0.4, 0.5) is 10.1 Å². The molecule has 29 heavy (non-hydrogen) atoms. The third-order valence-electron chi connectivity index (χ3n) is 4.97. The van der Waals surface area contributed by atoms with Crippen molar-refractivity contribution < 1.29 is 14.0 Å². The number of amides is 2. The van der Waals surface area contributed by atoms with Gasteiger partial charge in [-0.2, -0.15) is 0 Å². The van der Waals surface area contributed by atoms with Crippen LogP contribution in [0.5, 0.6) is 0 Å². The lowest BCUT2D eigenvalue weighted by atomic mass is 10.1. The maximum absolute atomic E-state index is 14.0. The summed E-state index contributed by atoms with van der Waals surface area (Å²) in [6, 6.07) is 11.6. The SMILES string of the molecule is CC(C)CCNC(=O)c1cccc(C(=O)N2CCN(c3ccccc3F)CC2)n1. The van der Waals surface area contributed by atoms with Crippen molar-refractivity contribution in [2.45, 2.75) is 20.3 Å². The van der Waals surface area contributed by atoms with Gasteiger partial charge in [0.15, 0.2) is 0 Å².